The Morgan fingerprint density at radius 2 is 1.76 bits per heavy atom. The van der Waals surface area contributed by atoms with Crippen molar-refractivity contribution in [2.24, 2.45) is 17.3 Å². The Kier molecular flexibility index (Phi) is 14.3. The van der Waals surface area contributed by atoms with Crippen LogP contribution in [0.5, 0.6) is 0 Å². The van der Waals surface area contributed by atoms with Crippen LogP contribution in [-0.4, -0.2) is 79.6 Å². The molecule has 45 heavy (non-hydrogen) atoms. The summed E-state index contributed by atoms with van der Waals surface area (Å²) in [5, 5.41) is 0. The molecule has 3 saturated heterocycles. The third-order valence-corrected chi connectivity index (χ3v) is 11.3. The van der Waals surface area contributed by atoms with Crippen LogP contribution in [0.4, 0.5) is 17.6 Å². The second kappa shape index (κ2) is 17.2. The Bertz CT molecular complexity index is 943. The van der Waals surface area contributed by atoms with Crippen LogP contribution in [0, 0.1) is 17.3 Å². The zero-order valence-corrected chi connectivity index (χ0v) is 28.9. The summed E-state index contributed by atoms with van der Waals surface area (Å²) in [6.45, 7) is 4.12. The lowest BCUT2D eigenvalue weighted by atomic mass is 9.77. The summed E-state index contributed by atoms with van der Waals surface area (Å²) in [4.78, 5) is 11.6. The largest absolute Gasteiger partial charge is 0.469 e. The number of hydrogen-bond acceptors (Lipinski definition) is 7. The van der Waals surface area contributed by atoms with Crippen molar-refractivity contribution in [1.29, 1.82) is 0 Å². The average molecular weight is 763 g/mol. The molecule has 6 unspecified atom stereocenters. The summed E-state index contributed by atoms with van der Waals surface area (Å²) in [6, 6.07) is 0. The van der Waals surface area contributed by atoms with E-state index in [0.29, 0.717) is 51.7 Å². The van der Waals surface area contributed by atoms with Gasteiger partial charge in [0, 0.05) is 41.8 Å². The number of ether oxygens (including phenoxy) is 6. The zero-order valence-electron chi connectivity index (χ0n) is 26.8. The second-order valence-electron chi connectivity index (χ2n) is 13.2. The fourth-order valence-electron chi connectivity index (χ4n) is 7.11. The van der Waals surface area contributed by atoms with Gasteiger partial charge in [-0.2, -0.15) is 13.2 Å². The minimum atomic E-state index is -4.53. The maximum atomic E-state index is 16.4. The molecular formula is C33H51F4IO7. The molecule has 0 spiro atoms. The monoisotopic (exact) mass is 762 g/mol. The highest BCUT2D eigenvalue weighted by Crippen LogP contribution is 2.51. The van der Waals surface area contributed by atoms with Gasteiger partial charge in [-0.05, 0) is 64.7 Å². The van der Waals surface area contributed by atoms with Crippen LogP contribution in [0.15, 0.2) is 12.2 Å². The Labute approximate surface area is 278 Å². The van der Waals surface area contributed by atoms with E-state index in [1.165, 1.54) is 20.1 Å². The van der Waals surface area contributed by atoms with Crippen molar-refractivity contribution in [2.75, 3.05) is 20.3 Å². The van der Waals surface area contributed by atoms with Crippen LogP contribution in [0.3, 0.4) is 0 Å². The van der Waals surface area contributed by atoms with E-state index >= 15 is 4.39 Å². The molecule has 11 atom stereocenters. The number of methoxy groups -OCH3 is 1. The Morgan fingerprint density at radius 1 is 1.07 bits per heavy atom. The van der Waals surface area contributed by atoms with Crippen molar-refractivity contribution < 1.29 is 50.8 Å². The predicted octanol–water partition coefficient (Wildman–Crippen LogP) is 8.01. The first-order valence-corrected chi connectivity index (χ1v) is 18.0. The first-order valence-electron chi connectivity index (χ1n) is 16.8. The first kappa shape index (κ1) is 37.3. The molecule has 0 aromatic heterocycles. The molecule has 1 aliphatic carbocycles. The molecule has 0 aromatic rings. The van der Waals surface area contributed by atoms with E-state index in [9.17, 15) is 18.0 Å². The van der Waals surface area contributed by atoms with Gasteiger partial charge in [-0.1, -0.05) is 54.5 Å². The summed E-state index contributed by atoms with van der Waals surface area (Å²) in [5.41, 5.74) is -2.15. The summed E-state index contributed by atoms with van der Waals surface area (Å²) in [7, 11) is 1.34. The molecule has 4 fully saturated rings. The molecule has 4 rings (SSSR count). The van der Waals surface area contributed by atoms with Crippen LogP contribution >= 0.6 is 22.6 Å². The summed E-state index contributed by atoms with van der Waals surface area (Å²) in [6.07, 6.45) is 0.779. The molecule has 0 radical (unpaired) electrons. The number of fused-ring (bicyclic) bond motifs is 1. The van der Waals surface area contributed by atoms with Gasteiger partial charge in [-0.25, -0.2) is 4.39 Å². The lowest BCUT2D eigenvalue weighted by Crippen LogP contribution is -2.48. The third-order valence-electron chi connectivity index (χ3n) is 9.96. The van der Waals surface area contributed by atoms with E-state index in [1.807, 2.05) is 6.92 Å². The van der Waals surface area contributed by atoms with E-state index < -0.39 is 66.6 Å². The van der Waals surface area contributed by atoms with Gasteiger partial charge in [0.2, 0.25) is 0 Å². The molecule has 12 heteroatoms. The number of rotatable bonds is 15. The van der Waals surface area contributed by atoms with E-state index in [2.05, 4.69) is 22.6 Å². The SMILES string of the molecule is CCCCC(C)([C@@H](/C=C/[C@@H]1[C@H]2C(F)C(C(I)CCCC(=O)OC)O[C@H]2C[C@H]1OC1CCCCO1)OC1CCCCO1)C(F)(F)F. The van der Waals surface area contributed by atoms with Gasteiger partial charge in [-0.3, -0.25) is 4.79 Å². The van der Waals surface area contributed by atoms with Gasteiger partial charge < -0.3 is 28.4 Å². The van der Waals surface area contributed by atoms with Crippen LogP contribution in [0.25, 0.3) is 0 Å². The Morgan fingerprint density at radius 3 is 2.36 bits per heavy atom. The number of carbonyl (C=O) groups excluding carboxylic acids is 1. The minimum absolute atomic E-state index is 0.0969. The molecule has 4 aliphatic rings. The van der Waals surface area contributed by atoms with Gasteiger partial charge >= 0.3 is 12.1 Å². The molecule has 0 aromatic carbocycles. The van der Waals surface area contributed by atoms with Crippen molar-refractivity contribution in [3.63, 3.8) is 0 Å². The number of carbonyl (C=O) groups is 1. The lowest BCUT2D eigenvalue weighted by Gasteiger charge is -2.40. The van der Waals surface area contributed by atoms with Crippen LogP contribution in [-0.2, 0) is 33.2 Å². The number of esters is 1. The normalized spacial score (nSPS) is 35.2. The van der Waals surface area contributed by atoms with Gasteiger partial charge in [0.15, 0.2) is 12.6 Å². The van der Waals surface area contributed by atoms with Gasteiger partial charge in [0.05, 0.1) is 30.8 Å². The zero-order chi connectivity index (χ0) is 32.6. The molecule has 0 amide bonds. The molecular weight excluding hydrogens is 711 g/mol. The summed E-state index contributed by atoms with van der Waals surface area (Å²) >= 11 is 2.18. The fourth-order valence-corrected chi connectivity index (χ4v) is 8.12. The van der Waals surface area contributed by atoms with Crippen LogP contribution in [0.2, 0.25) is 0 Å². The maximum absolute atomic E-state index is 16.4. The van der Waals surface area contributed by atoms with Crippen molar-refractivity contribution in [2.45, 2.75) is 151 Å². The van der Waals surface area contributed by atoms with Crippen molar-refractivity contribution in [1.82, 2.24) is 0 Å². The highest BCUT2D eigenvalue weighted by molar-refractivity contribution is 14.1. The predicted molar refractivity (Wildman–Crippen MR) is 169 cm³/mol. The quantitative estimate of drug-likeness (QED) is 0.0551. The van der Waals surface area contributed by atoms with Crippen LogP contribution in [0.1, 0.15) is 97.3 Å². The van der Waals surface area contributed by atoms with Gasteiger partial charge in [0.25, 0.3) is 0 Å². The van der Waals surface area contributed by atoms with Gasteiger partial charge in [-0.15, -0.1) is 0 Å². The van der Waals surface area contributed by atoms with E-state index in [1.54, 1.807) is 6.08 Å². The number of alkyl halides is 5. The smallest absolute Gasteiger partial charge is 0.397 e. The number of unbranched alkanes of at least 4 members (excludes halogenated alkanes) is 1. The standard InChI is InChI=1S/C33H51F4IO7/c1-4-5-17-32(2,33(35,36)37)25(45-28-14-7-9-19-42-28)16-15-21-23(43-27-13-6-8-18-41-27)20-24-29(21)30(34)31(44-24)22(38)11-10-12-26(39)40-3/h15-16,21-25,27-31H,4-14,17-20H2,1-3H3/b16-15+/t21-,22?,23+,24-,25+,27?,28?,29+,30?,31?,32?/m0/s1. The van der Waals surface area contributed by atoms with E-state index in [-0.39, 0.29) is 22.7 Å². The molecule has 3 aliphatic heterocycles. The van der Waals surface area contributed by atoms with Crippen molar-refractivity contribution in [3.8, 4) is 0 Å². The maximum Gasteiger partial charge on any atom is 0.397 e. The second-order valence-corrected chi connectivity index (χ2v) is 14.8. The minimum Gasteiger partial charge on any atom is -0.469 e. The van der Waals surface area contributed by atoms with E-state index in [0.717, 1.165) is 32.1 Å². The van der Waals surface area contributed by atoms with Crippen molar-refractivity contribution in [3.05, 3.63) is 12.2 Å². The molecule has 1 saturated carbocycles. The third kappa shape index (κ3) is 9.55. The molecule has 3 heterocycles. The molecule has 7 nitrogen and oxygen atoms in total. The average Bonchev–Trinajstić information content (AvgIpc) is 3.53. The fraction of sp³-hybridized carbons (Fsp3) is 0.909. The van der Waals surface area contributed by atoms with Crippen molar-refractivity contribution >= 4 is 28.6 Å². The first-order chi connectivity index (χ1) is 21.5. The summed E-state index contributed by atoms with van der Waals surface area (Å²) < 4.78 is 95.7. The van der Waals surface area contributed by atoms with E-state index in [4.69, 9.17) is 28.4 Å². The Hall–Kier alpha value is -0.540. The highest BCUT2D eigenvalue weighted by atomic mass is 127. The highest BCUT2D eigenvalue weighted by Gasteiger charge is 2.58. The molecule has 0 bridgehead atoms. The topological polar surface area (TPSA) is 72.5 Å². The lowest BCUT2D eigenvalue weighted by molar-refractivity contribution is -0.279. The molecule has 260 valence electrons. The van der Waals surface area contributed by atoms with Gasteiger partial charge in [0.1, 0.15) is 12.3 Å². The number of hydrogen-bond donors (Lipinski definition) is 0. The van der Waals surface area contributed by atoms with Crippen LogP contribution < -0.4 is 0 Å². The number of halogens is 5. The Balaban J connectivity index is 1.59. The molecule has 0 N–H and O–H groups in total. The summed E-state index contributed by atoms with van der Waals surface area (Å²) in [5.74, 6) is -1.42.